The molecule has 13 fully saturated rings. The molecular formula is C36H57N3. The van der Waals surface area contributed by atoms with Gasteiger partial charge in [-0.15, -0.1) is 0 Å². The van der Waals surface area contributed by atoms with Gasteiger partial charge in [0, 0.05) is 55.9 Å². The number of rotatable bonds is 3. The van der Waals surface area contributed by atoms with E-state index >= 15 is 0 Å². The van der Waals surface area contributed by atoms with Crippen LogP contribution < -0.4 is 0 Å². The van der Waals surface area contributed by atoms with Crippen LogP contribution in [0.5, 0.6) is 0 Å². The first kappa shape index (κ1) is 24.3. The van der Waals surface area contributed by atoms with Crippen LogP contribution in [0.2, 0.25) is 0 Å². The third kappa shape index (κ3) is 3.76. The van der Waals surface area contributed by atoms with E-state index in [-0.39, 0.29) is 0 Å². The van der Waals surface area contributed by atoms with Gasteiger partial charge in [-0.1, -0.05) is 0 Å². The highest BCUT2D eigenvalue weighted by atomic mass is 15.3. The summed E-state index contributed by atoms with van der Waals surface area (Å²) in [6, 6.07) is 0. The van der Waals surface area contributed by atoms with Crippen molar-refractivity contribution in [3.63, 3.8) is 0 Å². The van der Waals surface area contributed by atoms with Gasteiger partial charge in [-0.3, -0.25) is 14.7 Å². The van der Waals surface area contributed by atoms with Crippen molar-refractivity contribution < 1.29 is 0 Å². The Labute approximate surface area is 239 Å². The Morgan fingerprint density at radius 2 is 0.410 bits per heavy atom. The first-order valence-electron chi connectivity index (χ1n) is 18.3. The van der Waals surface area contributed by atoms with Crippen molar-refractivity contribution in [2.75, 3.05) is 39.3 Å². The van der Waals surface area contributed by atoms with Crippen molar-refractivity contribution in [2.45, 2.75) is 132 Å². The Hall–Kier alpha value is -0.120. The third-order valence-corrected chi connectivity index (χ3v) is 15.9. The van der Waals surface area contributed by atoms with E-state index in [1.807, 2.05) is 0 Å². The smallest absolute Gasteiger partial charge is 0.0218 e. The lowest BCUT2D eigenvalue weighted by Crippen LogP contribution is -2.63. The molecule has 3 nitrogen and oxygen atoms in total. The van der Waals surface area contributed by atoms with E-state index in [0.29, 0.717) is 16.6 Å². The molecule has 1 aliphatic heterocycles. The summed E-state index contributed by atoms with van der Waals surface area (Å²) in [6.07, 6.45) is 28.4. The van der Waals surface area contributed by atoms with Crippen LogP contribution >= 0.6 is 0 Å². The summed E-state index contributed by atoms with van der Waals surface area (Å²) in [5.41, 5.74) is 1.75. The minimum atomic E-state index is 0.583. The summed E-state index contributed by atoms with van der Waals surface area (Å²) in [5, 5.41) is 0. The fraction of sp³-hybridized carbons (Fsp3) is 1.00. The van der Waals surface area contributed by atoms with E-state index in [0.717, 1.165) is 53.3 Å². The maximum atomic E-state index is 3.21. The number of hydrogen-bond donors (Lipinski definition) is 0. The molecule has 12 bridgehead atoms. The Bertz CT molecular complexity index is 742. The van der Waals surface area contributed by atoms with Crippen molar-refractivity contribution in [1.82, 2.24) is 14.7 Å². The molecule has 0 aromatic carbocycles. The molecule has 0 atom stereocenters. The summed E-state index contributed by atoms with van der Waals surface area (Å²) in [6.45, 7) is 8.35. The highest BCUT2D eigenvalue weighted by molar-refractivity contribution is 5.12. The van der Waals surface area contributed by atoms with Gasteiger partial charge >= 0.3 is 0 Å². The minimum absolute atomic E-state index is 0.583. The average Bonchev–Trinajstić information content (AvgIpc) is 2.98. The van der Waals surface area contributed by atoms with E-state index in [1.54, 1.807) is 116 Å². The largest absolute Gasteiger partial charge is 0.295 e. The minimum Gasteiger partial charge on any atom is -0.295 e. The fourth-order valence-corrected chi connectivity index (χ4v) is 15.8. The molecule has 39 heavy (non-hydrogen) atoms. The van der Waals surface area contributed by atoms with Gasteiger partial charge in [-0.05, 0) is 169 Å². The van der Waals surface area contributed by atoms with Gasteiger partial charge in [0.25, 0.3) is 0 Å². The molecule has 216 valence electrons. The molecule has 0 aromatic heterocycles. The fourth-order valence-electron chi connectivity index (χ4n) is 15.8. The molecule has 0 radical (unpaired) electrons. The summed E-state index contributed by atoms with van der Waals surface area (Å²) in [7, 11) is 0. The molecule has 0 amide bonds. The van der Waals surface area contributed by atoms with Crippen molar-refractivity contribution in [3.05, 3.63) is 0 Å². The second-order valence-corrected chi connectivity index (χ2v) is 18.4. The number of hydrogen-bond acceptors (Lipinski definition) is 3. The Balaban J connectivity index is 0.984. The summed E-state index contributed by atoms with van der Waals surface area (Å²) in [5.74, 6) is 9.64. The second-order valence-electron chi connectivity index (χ2n) is 18.4. The van der Waals surface area contributed by atoms with Crippen molar-refractivity contribution in [2.24, 2.45) is 53.3 Å². The van der Waals surface area contributed by atoms with Crippen molar-refractivity contribution in [3.8, 4) is 0 Å². The summed E-state index contributed by atoms with van der Waals surface area (Å²) < 4.78 is 0. The van der Waals surface area contributed by atoms with Gasteiger partial charge < -0.3 is 0 Å². The molecule has 13 rings (SSSR count). The predicted molar refractivity (Wildman–Crippen MR) is 157 cm³/mol. The van der Waals surface area contributed by atoms with Crippen LogP contribution in [-0.2, 0) is 0 Å². The molecular weight excluding hydrogens is 474 g/mol. The van der Waals surface area contributed by atoms with Crippen LogP contribution in [0.1, 0.15) is 116 Å². The Kier molecular flexibility index (Phi) is 5.30. The van der Waals surface area contributed by atoms with E-state index in [9.17, 15) is 0 Å². The van der Waals surface area contributed by atoms with Crippen molar-refractivity contribution in [1.29, 1.82) is 0 Å². The number of nitrogens with zero attached hydrogens (tertiary/aromatic N) is 3. The summed E-state index contributed by atoms with van der Waals surface area (Å²) in [4.78, 5) is 9.64. The van der Waals surface area contributed by atoms with Crippen LogP contribution in [0.3, 0.4) is 0 Å². The summed E-state index contributed by atoms with van der Waals surface area (Å²) >= 11 is 0. The molecule has 12 aliphatic carbocycles. The molecule has 12 saturated carbocycles. The van der Waals surface area contributed by atoms with E-state index < -0.39 is 0 Å². The average molecular weight is 532 g/mol. The molecule has 0 N–H and O–H groups in total. The Morgan fingerprint density at radius 3 is 0.564 bits per heavy atom. The van der Waals surface area contributed by atoms with Gasteiger partial charge in [0.05, 0.1) is 0 Å². The second kappa shape index (κ2) is 8.49. The lowest BCUT2D eigenvalue weighted by atomic mass is 9.52. The quantitative estimate of drug-likeness (QED) is 0.396. The van der Waals surface area contributed by atoms with Gasteiger partial charge in [0.1, 0.15) is 0 Å². The lowest BCUT2D eigenvalue weighted by molar-refractivity contribution is -0.107. The molecule has 1 saturated heterocycles. The zero-order chi connectivity index (χ0) is 25.4. The topological polar surface area (TPSA) is 9.72 Å². The molecule has 1 heterocycles. The molecule has 0 spiro atoms. The monoisotopic (exact) mass is 531 g/mol. The van der Waals surface area contributed by atoms with Crippen LogP contribution in [0, 0.1) is 53.3 Å². The van der Waals surface area contributed by atoms with Gasteiger partial charge in [0.2, 0.25) is 0 Å². The van der Waals surface area contributed by atoms with Gasteiger partial charge in [0.15, 0.2) is 0 Å². The lowest BCUT2D eigenvalue weighted by Gasteiger charge is -2.62. The van der Waals surface area contributed by atoms with Gasteiger partial charge in [-0.2, -0.15) is 0 Å². The molecule has 0 aromatic rings. The first-order valence-corrected chi connectivity index (χ1v) is 18.3. The zero-order valence-corrected chi connectivity index (χ0v) is 25.0. The van der Waals surface area contributed by atoms with Gasteiger partial charge in [-0.25, -0.2) is 0 Å². The van der Waals surface area contributed by atoms with E-state index in [4.69, 9.17) is 0 Å². The maximum Gasteiger partial charge on any atom is 0.0218 e. The van der Waals surface area contributed by atoms with Crippen LogP contribution in [0.4, 0.5) is 0 Å². The van der Waals surface area contributed by atoms with Crippen LogP contribution in [0.15, 0.2) is 0 Å². The molecule has 13 aliphatic rings. The maximum absolute atomic E-state index is 3.21. The normalized spacial score (nSPS) is 58.6. The molecule has 3 heteroatoms. The van der Waals surface area contributed by atoms with Crippen LogP contribution in [0.25, 0.3) is 0 Å². The predicted octanol–water partition coefficient (Wildman–Crippen LogP) is 6.81. The van der Waals surface area contributed by atoms with Crippen LogP contribution in [-0.4, -0.2) is 70.6 Å². The molecule has 0 unspecified atom stereocenters. The third-order valence-electron chi connectivity index (χ3n) is 15.9. The SMILES string of the molecule is C1C2CC3CC1CC(N1CCN(C45CC6CC(CC(C6)C4)C5)CCN(C45CC6CC(CC(C6)C4)C5)CC1)(C2)C3. The highest BCUT2D eigenvalue weighted by Crippen LogP contribution is 2.61. The van der Waals surface area contributed by atoms with E-state index in [1.165, 1.54) is 39.3 Å². The zero-order valence-electron chi connectivity index (χ0n) is 25.0. The standard InChI is InChI=1S/C36H57N3/c1-2-38(35-19-28-10-29(20-35)12-30(11-28)21-35)5-6-39(36-22-31-13-32(23-36)15-33(14-31)24-36)4-3-37(1)34-16-25-7-26(17-34)9-27(8-25)18-34/h25-33H,1-24H2. The first-order chi connectivity index (χ1) is 19.0. The van der Waals surface area contributed by atoms with Crippen molar-refractivity contribution >= 4 is 0 Å². The highest BCUT2D eigenvalue weighted by Gasteiger charge is 2.57. The van der Waals surface area contributed by atoms with E-state index in [2.05, 4.69) is 14.7 Å². The Morgan fingerprint density at radius 1 is 0.256 bits per heavy atom.